The van der Waals surface area contributed by atoms with E-state index in [1.54, 1.807) is 24.3 Å². The van der Waals surface area contributed by atoms with Crippen LogP contribution in [0.2, 0.25) is 5.15 Å². The van der Waals surface area contributed by atoms with Gasteiger partial charge in [-0.3, -0.25) is 0 Å². The summed E-state index contributed by atoms with van der Waals surface area (Å²) in [6.45, 7) is 1.99. The molecule has 0 unspecified atom stereocenters. The van der Waals surface area contributed by atoms with Crippen LogP contribution in [0.4, 0.5) is 5.82 Å². The number of pyridine rings is 1. The Hall–Kier alpha value is -2.15. The maximum absolute atomic E-state index is 12.7. The van der Waals surface area contributed by atoms with Gasteiger partial charge in [0.05, 0.1) is 4.90 Å². The van der Waals surface area contributed by atoms with Gasteiger partial charge in [0.15, 0.2) is 0 Å². The predicted molar refractivity (Wildman–Crippen MR) is 104 cm³/mol. The van der Waals surface area contributed by atoms with Crippen molar-refractivity contribution in [1.29, 1.82) is 0 Å². The van der Waals surface area contributed by atoms with Crippen LogP contribution in [-0.2, 0) is 10.0 Å². The van der Waals surface area contributed by atoms with E-state index in [2.05, 4.69) is 9.88 Å². The van der Waals surface area contributed by atoms with Crippen LogP contribution in [0, 0.1) is 0 Å². The van der Waals surface area contributed by atoms with Gasteiger partial charge in [-0.1, -0.05) is 54.1 Å². The van der Waals surface area contributed by atoms with Crippen molar-refractivity contribution in [2.75, 3.05) is 31.1 Å². The van der Waals surface area contributed by atoms with Crippen molar-refractivity contribution < 1.29 is 8.42 Å². The topological polar surface area (TPSA) is 53.5 Å². The first-order valence-electron chi connectivity index (χ1n) is 8.41. The third kappa shape index (κ3) is 3.16. The molecule has 0 N–H and O–H groups in total. The highest BCUT2D eigenvalue weighted by atomic mass is 35.5. The van der Waals surface area contributed by atoms with Crippen LogP contribution < -0.4 is 4.90 Å². The molecule has 134 valence electrons. The van der Waals surface area contributed by atoms with E-state index < -0.39 is 10.0 Å². The van der Waals surface area contributed by atoms with Crippen LogP contribution >= 0.6 is 11.6 Å². The van der Waals surface area contributed by atoms with Crippen molar-refractivity contribution in [3.05, 3.63) is 65.8 Å². The first-order valence-corrected chi connectivity index (χ1v) is 10.2. The highest BCUT2D eigenvalue weighted by molar-refractivity contribution is 7.89. The lowest BCUT2D eigenvalue weighted by atomic mass is 10.2. The van der Waals surface area contributed by atoms with Gasteiger partial charge in [-0.2, -0.15) is 4.31 Å². The second-order valence-corrected chi connectivity index (χ2v) is 8.49. The number of aromatic nitrogens is 1. The number of halogens is 1. The van der Waals surface area contributed by atoms with E-state index in [-0.39, 0.29) is 0 Å². The SMILES string of the molecule is O=S(=O)(c1ccccc1)N1CCN(c2cc3ccccc3c(Cl)n2)CC1. The summed E-state index contributed by atoms with van der Waals surface area (Å²) in [5, 5.41) is 2.42. The summed E-state index contributed by atoms with van der Waals surface area (Å²) in [6.07, 6.45) is 0. The molecular weight excluding hydrogens is 370 g/mol. The van der Waals surface area contributed by atoms with Gasteiger partial charge in [0.25, 0.3) is 0 Å². The maximum atomic E-state index is 12.7. The Bertz CT molecular complexity index is 1030. The normalized spacial score (nSPS) is 16.1. The van der Waals surface area contributed by atoms with Gasteiger partial charge < -0.3 is 4.90 Å². The number of anilines is 1. The molecule has 4 rings (SSSR count). The molecule has 1 aliphatic rings. The van der Waals surface area contributed by atoms with Crippen molar-refractivity contribution in [1.82, 2.24) is 9.29 Å². The van der Waals surface area contributed by atoms with Gasteiger partial charge in [-0.25, -0.2) is 13.4 Å². The lowest BCUT2D eigenvalue weighted by molar-refractivity contribution is 0.384. The molecule has 26 heavy (non-hydrogen) atoms. The van der Waals surface area contributed by atoms with Crippen LogP contribution in [0.3, 0.4) is 0 Å². The van der Waals surface area contributed by atoms with Gasteiger partial charge in [-0.05, 0) is 23.6 Å². The summed E-state index contributed by atoms with van der Waals surface area (Å²) < 4.78 is 27.0. The van der Waals surface area contributed by atoms with Gasteiger partial charge >= 0.3 is 0 Å². The molecule has 2 heterocycles. The van der Waals surface area contributed by atoms with E-state index in [0.29, 0.717) is 36.2 Å². The average Bonchev–Trinajstić information content (AvgIpc) is 2.69. The molecule has 0 amide bonds. The Balaban J connectivity index is 1.54. The minimum atomic E-state index is -3.45. The van der Waals surface area contributed by atoms with Crippen LogP contribution in [0.25, 0.3) is 10.8 Å². The molecule has 1 aliphatic heterocycles. The first kappa shape index (κ1) is 17.3. The number of fused-ring (bicyclic) bond motifs is 1. The average molecular weight is 388 g/mol. The summed E-state index contributed by atoms with van der Waals surface area (Å²) in [7, 11) is -3.45. The third-order valence-corrected chi connectivity index (χ3v) is 6.82. The largest absolute Gasteiger partial charge is 0.354 e. The molecule has 1 aromatic heterocycles. The second-order valence-electron chi connectivity index (χ2n) is 6.20. The van der Waals surface area contributed by atoms with E-state index in [9.17, 15) is 8.42 Å². The quantitative estimate of drug-likeness (QED) is 0.646. The molecule has 1 fully saturated rings. The Morgan fingerprint density at radius 3 is 2.27 bits per heavy atom. The summed E-state index contributed by atoms with van der Waals surface area (Å²) in [6, 6.07) is 18.4. The van der Waals surface area contributed by atoms with Crippen LogP contribution in [0.15, 0.2) is 65.6 Å². The highest BCUT2D eigenvalue weighted by Crippen LogP contribution is 2.27. The lowest BCUT2D eigenvalue weighted by Crippen LogP contribution is -2.48. The standard InChI is InChI=1S/C19H18ClN3O2S/c20-19-17-9-5-4-6-15(17)14-18(21-19)22-10-12-23(13-11-22)26(24,25)16-7-2-1-3-8-16/h1-9,14H,10-13H2. The van der Waals surface area contributed by atoms with Crippen molar-refractivity contribution >= 4 is 38.2 Å². The van der Waals surface area contributed by atoms with E-state index in [0.717, 1.165) is 16.6 Å². The predicted octanol–water partition coefficient (Wildman–Crippen LogP) is 3.40. The summed E-state index contributed by atoms with van der Waals surface area (Å²) in [5.74, 6) is 0.783. The monoisotopic (exact) mass is 387 g/mol. The fourth-order valence-corrected chi connectivity index (χ4v) is 4.91. The van der Waals surface area contributed by atoms with E-state index >= 15 is 0 Å². The molecule has 7 heteroatoms. The molecule has 5 nitrogen and oxygen atoms in total. The Kier molecular flexibility index (Phi) is 4.56. The van der Waals surface area contributed by atoms with Gasteiger partial charge in [0.1, 0.15) is 11.0 Å². The fraction of sp³-hybridized carbons (Fsp3) is 0.211. The molecular formula is C19H18ClN3O2S. The van der Waals surface area contributed by atoms with Crippen LogP contribution in [0.1, 0.15) is 0 Å². The molecule has 0 saturated carbocycles. The maximum Gasteiger partial charge on any atom is 0.243 e. The summed E-state index contributed by atoms with van der Waals surface area (Å²) in [5.41, 5.74) is 0. The fourth-order valence-electron chi connectivity index (χ4n) is 3.20. The van der Waals surface area contributed by atoms with Crippen LogP contribution in [-0.4, -0.2) is 43.9 Å². The van der Waals surface area contributed by atoms with Crippen molar-refractivity contribution in [2.45, 2.75) is 4.90 Å². The zero-order chi connectivity index (χ0) is 18.1. The smallest absolute Gasteiger partial charge is 0.243 e. The molecule has 0 bridgehead atoms. The van der Waals surface area contributed by atoms with Gasteiger partial charge in [0, 0.05) is 31.6 Å². The molecule has 1 saturated heterocycles. The molecule has 0 aliphatic carbocycles. The number of hydrogen-bond acceptors (Lipinski definition) is 4. The number of hydrogen-bond donors (Lipinski definition) is 0. The van der Waals surface area contributed by atoms with Gasteiger partial charge in [0.2, 0.25) is 10.0 Å². The highest BCUT2D eigenvalue weighted by Gasteiger charge is 2.28. The molecule has 0 radical (unpaired) electrons. The van der Waals surface area contributed by atoms with E-state index in [1.165, 1.54) is 4.31 Å². The molecule has 0 atom stereocenters. The number of rotatable bonds is 3. The summed E-state index contributed by atoms with van der Waals surface area (Å²) in [4.78, 5) is 6.91. The Morgan fingerprint density at radius 1 is 0.885 bits per heavy atom. The number of piperazine rings is 1. The Morgan fingerprint density at radius 2 is 1.54 bits per heavy atom. The van der Waals surface area contributed by atoms with E-state index in [1.807, 2.05) is 36.4 Å². The van der Waals surface area contributed by atoms with E-state index in [4.69, 9.17) is 11.6 Å². The van der Waals surface area contributed by atoms with Crippen molar-refractivity contribution in [3.8, 4) is 0 Å². The van der Waals surface area contributed by atoms with Crippen molar-refractivity contribution in [3.63, 3.8) is 0 Å². The van der Waals surface area contributed by atoms with Gasteiger partial charge in [-0.15, -0.1) is 0 Å². The lowest BCUT2D eigenvalue weighted by Gasteiger charge is -2.34. The molecule has 3 aromatic rings. The van der Waals surface area contributed by atoms with Crippen LogP contribution in [0.5, 0.6) is 0 Å². The minimum Gasteiger partial charge on any atom is -0.354 e. The molecule has 0 spiro atoms. The number of nitrogens with zero attached hydrogens (tertiary/aromatic N) is 3. The number of benzene rings is 2. The zero-order valence-corrected chi connectivity index (χ0v) is 15.6. The first-order chi connectivity index (χ1) is 12.6. The molecule has 2 aromatic carbocycles. The zero-order valence-electron chi connectivity index (χ0n) is 14.0. The Labute approximate surface area is 157 Å². The minimum absolute atomic E-state index is 0.334. The van der Waals surface area contributed by atoms with Crippen molar-refractivity contribution in [2.24, 2.45) is 0 Å². The summed E-state index contributed by atoms with van der Waals surface area (Å²) >= 11 is 6.32. The number of sulfonamides is 1. The second kappa shape index (κ2) is 6.87. The third-order valence-electron chi connectivity index (χ3n) is 4.62.